The standard InChI is InChI=1S/C17H23F3N2O2/c1-2-22(12-16(23)24)15-7-9-21(10-8-15)11-13-3-5-14(6-4-13)17(18,19)20/h3-6,15H,2,7-12H2,1H3,(H,23,24). The first kappa shape index (κ1) is 18.7. The van der Waals surface area contributed by atoms with Crippen molar-refractivity contribution in [3.8, 4) is 0 Å². The Morgan fingerprint density at radius 1 is 1.25 bits per heavy atom. The van der Waals surface area contributed by atoms with Crippen molar-refractivity contribution in [3.05, 3.63) is 35.4 Å². The van der Waals surface area contributed by atoms with Crippen LogP contribution in [0.4, 0.5) is 13.2 Å². The first-order chi connectivity index (χ1) is 11.3. The van der Waals surface area contributed by atoms with Gasteiger partial charge in [0.1, 0.15) is 0 Å². The van der Waals surface area contributed by atoms with Crippen molar-refractivity contribution >= 4 is 5.97 Å². The Hall–Kier alpha value is -1.60. The van der Waals surface area contributed by atoms with E-state index in [0.29, 0.717) is 13.1 Å². The highest BCUT2D eigenvalue weighted by molar-refractivity contribution is 5.69. The van der Waals surface area contributed by atoms with Crippen LogP contribution in [0.1, 0.15) is 30.9 Å². The van der Waals surface area contributed by atoms with E-state index in [-0.39, 0.29) is 12.6 Å². The van der Waals surface area contributed by atoms with E-state index in [1.54, 1.807) is 0 Å². The van der Waals surface area contributed by atoms with Crippen LogP contribution in [0.15, 0.2) is 24.3 Å². The smallest absolute Gasteiger partial charge is 0.416 e. The number of likely N-dealkylation sites (N-methyl/N-ethyl adjacent to an activating group) is 1. The molecule has 4 nitrogen and oxygen atoms in total. The van der Waals surface area contributed by atoms with Crippen LogP contribution in [-0.4, -0.2) is 53.1 Å². The van der Waals surface area contributed by atoms with Crippen molar-refractivity contribution in [3.63, 3.8) is 0 Å². The molecule has 0 amide bonds. The van der Waals surface area contributed by atoms with Crippen LogP contribution in [0.3, 0.4) is 0 Å². The third kappa shape index (κ3) is 5.21. The van der Waals surface area contributed by atoms with Crippen molar-refractivity contribution in [1.82, 2.24) is 9.80 Å². The van der Waals surface area contributed by atoms with Gasteiger partial charge in [0.2, 0.25) is 0 Å². The number of carbonyl (C=O) groups is 1. The van der Waals surface area contributed by atoms with Gasteiger partial charge in [-0.1, -0.05) is 19.1 Å². The van der Waals surface area contributed by atoms with E-state index in [1.807, 2.05) is 11.8 Å². The maximum atomic E-state index is 12.6. The predicted octanol–water partition coefficient (Wildman–Crippen LogP) is 3.08. The van der Waals surface area contributed by atoms with Gasteiger partial charge in [0.15, 0.2) is 0 Å². The van der Waals surface area contributed by atoms with Gasteiger partial charge < -0.3 is 5.11 Å². The lowest BCUT2D eigenvalue weighted by molar-refractivity contribution is -0.139. The van der Waals surface area contributed by atoms with Gasteiger partial charge in [0.05, 0.1) is 12.1 Å². The largest absolute Gasteiger partial charge is 0.480 e. The molecule has 0 bridgehead atoms. The van der Waals surface area contributed by atoms with Gasteiger partial charge in [0.25, 0.3) is 0 Å². The maximum absolute atomic E-state index is 12.6. The Bertz CT molecular complexity index is 538. The molecule has 1 N–H and O–H groups in total. The van der Waals surface area contributed by atoms with Crippen molar-refractivity contribution in [2.45, 2.75) is 38.5 Å². The molecule has 1 saturated heterocycles. The molecule has 0 radical (unpaired) electrons. The molecule has 0 spiro atoms. The minimum atomic E-state index is -4.30. The van der Waals surface area contributed by atoms with Gasteiger partial charge in [-0.2, -0.15) is 13.2 Å². The van der Waals surface area contributed by atoms with Crippen molar-refractivity contribution in [2.24, 2.45) is 0 Å². The topological polar surface area (TPSA) is 43.8 Å². The minimum Gasteiger partial charge on any atom is -0.480 e. The summed E-state index contributed by atoms with van der Waals surface area (Å²) in [6.07, 6.45) is -2.55. The third-order valence-electron chi connectivity index (χ3n) is 4.51. The van der Waals surface area contributed by atoms with E-state index in [9.17, 15) is 18.0 Å². The molecule has 1 fully saturated rings. The maximum Gasteiger partial charge on any atom is 0.416 e. The van der Waals surface area contributed by atoms with Gasteiger partial charge in [-0.05, 0) is 50.2 Å². The average Bonchev–Trinajstić information content (AvgIpc) is 2.53. The number of nitrogens with zero attached hydrogens (tertiary/aromatic N) is 2. The zero-order valence-electron chi connectivity index (χ0n) is 13.7. The fourth-order valence-electron chi connectivity index (χ4n) is 3.17. The summed E-state index contributed by atoms with van der Waals surface area (Å²) in [5, 5.41) is 8.94. The third-order valence-corrected chi connectivity index (χ3v) is 4.51. The van der Waals surface area contributed by atoms with Crippen LogP contribution in [0.2, 0.25) is 0 Å². The van der Waals surface area contributed by atoms with Gasteiger partial charge in [-0.15, -0.1) is 0 Å². The van der Waals surface area contributed by atoms with Crippen LogP contribution in [0.5, 0.6) is 0 Å². The van der Waals surface area contributed by atoms with Crippen LogP contribution in [-0.2, 0) is 17.5 Å². The lowest BCUT2D eigenvalue weighted by atomic mass is 10.0. The first-order valence-corrected chi connectivity index (χ1v) is 8.14. The fourth-order valence-corrected chi connectivity index (χ4v) is 3.17. The Balaban J connectivity index is 1.85. The van der Waals surface area contributed by atoms with E-state index >= 15 is 0 Å². The molecule has 1 aliphatic heterocycles. The molecule has 0 unspecified atom stereocenters. The van der Waals surface area contributed by atoms with Crippen molar-refractivity contribution < 1.29 is 23.1 Å². The summed E-state index contributed by atoms with van der Waals surface area (Å²) in [5.74, 6) is -0.816. The number of halogens is 3. The summed E-state index contributed by atoms with van der Waals surface area (Å²) in [5.41, 5.74) is 0.233. The number of hydrogen-bond acceptors (Lipinski definition) is 3. The molecular formula is C17H23F3N2O2. The summed E-state index contributed by atoms with van der Waals surface area (Å²) in [6, 6.07) is 5.55. The second-order valence-corrected chi connectivity index (χ2v) is 6.16. The van der Waals surface area contributed by atoms with Crippen LogP contribution < -0.4 is 0 Å². The molecule has 0 aromatic heterocycles. The Morgan fingerprint density at radius 3 is 2.29 bits per heavy atom. The molecule has 1 aliphatic rings. The molecular weight excluding hydrogens is 321 g/mol. The van der Waals surface area contributed by atoms with Gasteiger partial charge in [-0.25, -0.2) is 0 Å². The Labute approximate surface area is 139 Å². The summed E-state index contributed by atoms with van der Waals surface area (Å²) in [4.78, 5) is 15.1. The Kier molecular flexibility index (Phi) is 6.23. The fraction of sp³-hybridized carbons (Fsp3) is 0.588. The lowest BCUT2D eigenvalue weighted by Gasteiger charge is -2.37. The molecule has 7 heteroatoms. The number of alkyl halides is 3. The lowest BCUT2D eigenvalue weighted by Crippen LogP contribution is -2.46. The summed E-state index contributed by atoms with van der Waals surface area (Å²) in [7, 11) is 0. The molecule has 134 valence electrons. The highest BCUT2D eigenvalue weighted by Crippen LogP contribution is 2.29. The molecule has 24 heavy (non-hydrogen) atoms. The number of rotatable bonds is 6. The highest BCUT2D eigenvalue weighted by Gasteiger charge is 2.30. The number of carboxylic acid groups (broad SMARTS) is 1. The molecule has 0 atom stereocenters. The summed E-state index contributed by atoms with van der Waals surface area (Å²) < 4.78 is 37.7. The number of carboxylic acids is 1. The molecule has 0 aliphatic carbocycles. The average molecular weight is 344 g/mol. The minimum absolute atomic E-state index is 0.0556. The molecule has 1 aromatic carbocycles. The van der Waals surface area contributed by atoms with Gasteiger partial charge in [0, 0.05) is 12.6 Å². The second-order valence-electron chi connectivity index (χ2n) is 6.16. The number of benzene rings is 1. The number of hydrogen-bond donors (Lipinski definition) is 1. The van der Waals surface area contributed by atoms with Crippen molar-refractivity contribution in [1.29, 1.82) is 0 Å². The van der Waals surface area contributed by atoms with Crippen molar-refractivity contribution in [2.75, 3.05) is 26.2 Å². The predicted molar refractivity (Wildman–Crippen MR) is 84.6 cm³/mol. The van der Waals surface area contributed by atoms with E-state index in [2.05, 4.69) is 4.90 Å². The summed E-state index contributed by atoms with van der Waals surface area (Å²) in [6.45, 7) is 4.98. The quantitative estimate of drug-likeness (QED) is 0.861. The molecule has 2 rings (SSSR count). The second kappa shape index (κ2) is 7.98. The highest BCUT2D eigenvalue weighted by atomic mass is 19.4. The van der Waals surface area contributed by atoms with Gasteiger partial charge in [-0.3, -0.25) is 14.6 Å². The molecule has 1 heterocycles. The monoisotopic (exact) mass is 344 g/mol. The molecule has 1 aromatic rings. The van der Waals surface area contributed by atoms with Crippen LogP contribution in [0.25, 0.3) is 0 Å². The number of likely N-dealkylation sites (tertiary alicyclic amines) is 1. The van der Waals surface area contributed by atoms with E-state index in [0.717, 1.165) is 43.6 Å². The van der Waals surface area contributed by atoms with Crippen LogP contribution in [0, 0.1) is 0 Å². The van der Waals surface area contributed by atoms with E-state index in [4.69, 9.17) is 5.11 Å². The number of aliphatic carboxylic acids is 1. The number of piperidine rings is 1. The normalized spacial score (nSPS) is 17.4. The van der Waals surface area contributed by atoms with Gasteiger partial charge >= 0.3 is 12.1 Å². The molecule has 0 saturated carbocycles. The van der Waals surface area contributed by atoms with E-state index < -0.39 is 17.7 Å². The zero-order chi connectivity index (χ0) is 17.7. The Morgan fingerprint density at radius 2 is 1.83 bits per heavy atom. The zero-order valence-corrected chi connectivity index (χ0v) is 13.7. The summed E-state index contributed by atoms with van der Waals surface area (Å²) >= 11 is 0. The van der Waals surface area contributed by atoms with Crippen LogP contribution >= 0.6 is 0 Å². The SMILES string of the molecule is CCN(CC(=O)O)C1CCN(Cc2ccc(C(F)(F)F)cc2)CC1. The first-order valence-electron chi connectivity index (χ1n) is 8.14. The van der Waals surface area contributed by atoms with E-state index in [1.165, 1.54) is 12.1 Å².